The van der Waals surface area contributed by atoms with Crippen LogP contribution in [0.25, 0.3) is 0 Å². The molecule has 0 aliphatic heterocycles. The fraction of sp³-hybridized carbons (Fsp3) is 0.571. The normalized spacial score (nSPS) is 14.0. The fourth-order valence-electron chi connectivity index (χ4n) is 3.95. The van der Waals surface area contributed by atoms with Crippen LogP contribution in [0.4, 0.5) is 0 Å². The first-order valence-corrected chi connectivity index (χ1v) is 12.9. The first-order chi connectivity index (χ1) is 14.2. The van der Waals surface area contributed by atoms with Gasteiger partial charge in [-0.05, 0) is 45.9 Å². The lowest BCUT2D eigenvalue weighted by molar-refractivity contribution is 0.421. The average molecular weight is 460 g/mol. The molecule has 0 saturated heterocycles. The molecule has 4 heteroatoms. The Morgan fingerprint density at radius 3 is 0.844 bits per heavy atom. The van der Waals surface area contributed by atoms with Crippen LogP contribution in [0.2, 0.25) is 0 Å². The molecule has 0 fully saturated rings. The van der Waals surface area contributed by atoms with Gasteiger partial charge in [0.05, 0.1) is 0 Å². The predicted molar refractivity (Wildman–Crippen MR) is 141 cm³/mol. The summed E-state index contributed by atoms with van der Waals surface area (Å²) >= 11 is -1.17. The van der Waals surface area contributed by atoms with Crippen molar-refractivity contribution < 1.29 is 10.2 Å². The zero-order chi connectivity index (χ0) is 25.0. The Morgan fingerprint density at radius 1 is 0.500 bits per heavy atom. The Balaban J connectivity index is 2.84. The summed E-state index contributed by atoms with van der Waals surface area (Å²) in [6.45, 7) is 25.4. The maximum absolute atomic E-state index is 11.1. The molecule has 0 aromatic heterocycles. The third-order valence-corrected chi connectivity index (χ3v) is 7.61. The van der Waals surface area contributed by atoms with Crippen LogP contribution in [-0.4, -0.2) is 10.2 Å². The maximum Gasteiger partial charge on any atom is 0.123 e. The van der Waals surface area contributed by atoms with E-state index in [0.29, 0.717) is 11.5 Å². The molecule has 2 aromatic carbocycles. The molecule has 4 N–H and O–H groups in total. The van der Waals surface area contributed by atoms with Crippen LogP contribution in [-0.2, 0) is 21.7 Å². The van der Waals surface area contributed by atoms with E-state index in [1.165, 1.54) is 0 Å². The van der Waals surface area contributed by atoms with Crippen LogP contribution in [0.1, 0.15) is 105 Å². The first kappa shape index (κ1) is 26.6. The Labute approximate surface area is 198 Å². The Kier molecular flexibility index (Phi) is 6.89. The number of phenols is 2. The van der Waals surface area contributed by atoms with Crippen LogP contribution in [0, 0.1) is 0 Å². The van der Waals surface area contributed by atoms with Crippen molar-refractivity contribution in [3.8, 4) is 11.5 Å². The van der Waals surface area contributed by atoms with E-state index >= 15 is 0 Å². The highest BCUT2D eigenvalue weighted by Gasteiger charge is 2.30. The first-order valence-electron chi connectivity index (χ1n) is 11.5. The third kappa shape index (κ3) is 5.46. The van der Waals surface area contributed by atoms with E-state index in [9.17, 15) is 10.2 Å². The van der Waals surface area contributed by atoms with Crippen molar-refractivity contribution in [2.45, 2.75) is 115 Å². The largest absolute Gasteiger partial charge is 0.507 e. The smallest absolute Gasteiger partial charge is 0.123 e. The van der Waals surface area contributed by atoms with Crippen molar-refractivity contribution in [2.75, 3.05) is 0 Å². The summed E-state index contributed by atoms with van der Waals surface area (Å²) in [4.78, 5) is 2.08. The second-order valence-corrected chi connectivity index (χ2v) is 14.9. The molecular formula is C28H45NO2S. The molecule has 0 aliphatic rings. The number of benzene rings is 2. The molecule has 0 radical (unpaired) electrons. The van der Waals surface area contributed by atoms with E-state index in [-0.39, 0.29) is 21.7 Å². The summed E-state index contributed by atoms with van der Waals surface area (Å²) in [6.07, 6.45) is 0. The lowest BCUT2D eigenvalue weighted by Crippen LogP contribution is -2.19. The second kappa shape index (κ2) is 8.29. The van der Waals surface area contributed by atoms with Crippen molar-refractivity contribution in [1.82, 2.24) is 0 Å². The van der Waals surface area contributed by atoms with Crippen LogP contribution in [0.3, 0.4) is 0 Å². The molecule has 32 heavy (non-hydrogen) atoms. The summed E-state index contributed by atoms with van der Waals surface area (Å²) in [7, 11) is 0. The molecule has 0 aliphatic carbocycles. The minimum absolute atomic E-state index is 0.210. The van der Waals surface area contributed by atoms with Crippen LogP contribution >= 0.6 is 11.1 Å². The Bertz CT molecular complexity index is 845. The zero-order valence-corrected chi connectivity index (χ0v) is 23.1. The van der Waals surface area contributed by atoms with Gasteiger partial charge < -0.3 is 10.2 Å². The molecule has 2 rings (SSSR count). The fourth-order valence-corrected chi connectivity index (χ4v) is 5.32. The Morgan fingerprint density at radius 2 is 0.688 bits per heavy atom. The van der Waals surface area contributed by atoms with Crippen LogP contribution in [0.5, 0.6) is 11.5 Å². The second-order valence-electron chi connectivity index (χ2n) is 13.1. The van der Waals surface area contributed by atoms with Crippen molar-refractivity contribution >= 4 is 11.1 Å². The monoisotopic (exact) mass is 459 g/mol. The van der Waals surface area contributed by atoms with Crippen LogP contribution in [0.15, 0.2) is 34.1 Å². The molecular weight excluding hydrogens is 414 g/mol. The van der Waals surface area contributed by atoms with E-state index in [1.54, 1.807) is 0 Å². The summed E-state index contributed by atoms with van der Waals surface area (Å²) in [6, 6.07) is 8.32. The van der Waals surface area contributed by atoms with Gasteiger partial charge in [0, 0.05) is 32.0 Å². The molecule has 0 unspecified atom stereocenters. The summed E-state index contributed by atoms with van der Waals surface area (Å²) in [5.41, 5.74) is 2.84. The van der Waals surface area contributed by atoms with Gasteiger partial charge in [-0.25, -0.2) is 0 Å². The molecule has 0 bridgehead atoms. The van der Waals surface area contributed by atoms with E-state index in [0.717, 1.165) is 32.0 Å². The van der Waals surface area contributed by atoms with E-state index in [2.05, 4.69) is 107 Å². The van der Waals surface area contributed by atoms with Gasteiger partial charge >= 0.3 is 0 Å². The van der Waals surface area contributed by atoms with Crippen molar-refractivity contribution in [1.29, 1.82) is 0 Å². The number of hydrogen-bond donors (Lipinski definition) is 4. The van der Waals surface area contributed by atoms with Gasteiger partial charge in [0.1, 0.15) is 11.5 Å². The SMILES string of the molecule is CC(C)(C)c1cc([SH](N)c2cc(C(C)(C)C)c(O)c(C(C)(C)C)c2)cc(C(C)(C)C)c1O. The quantitative estimate of drug-likeness (QED) is 0.350. The molecule has 2 aromatic rings. The highest BCUT2D eigenvalue weighted by Crippen LogP contribution is 2.49. The van der Waals surface area contributed by atoms with Crippen molar-refractivity contribution in [3.63, 3.8) is 0 Å². The van der Waals surface area contributed by atoms with Gasteiger partial charge in [-0.15, -0.1) is 11.1 Å². The van der Waals surface area contributed by atoms with Crippen molar-refractivity contribution in [3.05, 3.63) is 46.5 Å². The highest BCUT2D eigenvalue weighted by molar-refractivity contribution is 8.15. The number of hydrogen-bond acceptors (Lipinski definition) is 3. The molecule has 0 amide bonds. The number of phenolic OH excluding ortho intramolecular Hbond substituents is 2. The van der Waals surface area contributed by atoms with Gasteiger partial charge in [-0.2, -0.15) is 0 Å². The maximum atomic E-state index is 11.1. The minimum Gasteiger partial charge on any atom is -0.507 e. The van der Waals surface area contributed by atoms with E-state index < -0.39 is 11.1 Å². The van der Waals surface area contributed by atoms with E-state index in [4.69, 9.17) is 5.14 Å². The Hall–Kier alpha value is -1.65. The van der Waals surface area contributed by atoms with Gasteiger partial charge in [0.15, 0.2) is 0 Å². The number of rotatable bonds is 2. The van der Waals surface area contributed by atoms with Gasteiger partial charge in [0.25, 0.3) is 0 Å². The standard InChI is InChI=1S/C28H45NO2S/c1-25(2,3)19-13-17(14-20(23(19)30)26(4,5)6)32(29)18-15-21(27(7,8)9)24(31)22(16-18)28(10,11)12/h13-16,30-32H,29H2,1-12H3. The van der Waals surface area contributed by atoms with Crippen molar-refractivity contribution in [2.24, 2.45) is 5.14 Å². The van der Waals surface area contributed by atoms with Gasteiger partial charge in [-0.1, -0.05) is 83.1 Å². The summed E-state index contributed by atoms with van der Waals surface area (Å²) in [5, 5.41) is 29.2. The predicted octanol–water partition coefficient (Wildman–Crippen LogP) is 7.58. The molecule has 3 nitrogen and oxygen atoms in total. The van der Waals surface area contributed by atoms with Gasteiger partial charge in [-0.3, -0.25) is 5.14 Å². The molecule has 180 valence electrons. The molecule has 0 saturated carbocycles. The van der Waals surface area contributed by atoms with E-state index in [1.807, 2.05) is 0 Å². The number of thiol groups is 1. The highest BCUT2D eigenvalue weighted by atomic mass is 32.2. The van der Waals surface area contributed by atoms with Gasteiger partial charge in [0.2, 0.25) is 0 Å². The lowest BCUT2D eigenvalue weighted by atomic mass is 9.79. The zero-order valence-electron chi connectivity index (χ0n) is 22.2. The summed E-state index contributed by atoms with van der Waals surface area (Å²) < 4.78 is 0. The minimum atomic E-state index is -1.17. The number of aromatic hydroxyl groups is 2. The molecule has 0 heterocycles. The summed E-state index contributed by atoms with van der Waals surface area (Å²) in [5.74, 6) is 0.738. The lowest BCUT2D eigenvalue weighted by Gasteiger charge is -2.32. The topological polar surface area (TPSA) is 66.5 Å². The molecule has 0 atom stereocenters. The molecule has 0 spiro atoms. The third-order valence-electron chi connectivity index (χ3n) is 5.98. The van der Waals surface area contributed by atoms with Crippen LogP contribution < -0.4 is 5.14 Å². The average Bonchev–Trinajstić information content (AvgIpc) is 2.57. The number of nitrogens with two attached hydrogens (primary N) is 1.